The van der Waals surface area contributed by atoms with E-state index in [0.717, 1.165) is 25.7 Å². The molecule has 12 rings (SSSR count). The summed E-state index contributed by atoms with van der Waals surface area (Å²) in [5.74, 6) is 0. The zero-order chi connectivity index (χ0) is 35.4. The van der Waals surface area contributed by atoms with Gasteiger partial charge in [0.25, 0.3) is 0 Å². The number of hydrogen-bond acceptors (Lipinski definition) is 2. The molecule has 1 nitrogen and oxygen atoms in total. The van der Waals surface area contributed by atoms with Crippen LogP contribution in [0.5, 0.6) is 0 Å². The Balaban J connectivity index is 1.03. The summed E-state index contributed by atoms with van der Waals surface area (Å²) >= 11 is 1.88. The Kier molecular flexibility index (Phi) is 6.37. The van der Waals surface area contributed by atoms with Gasteiger partial charge in [-0.25, -0.2) is 0 Å². The van der Waals surface area contributed by atoms with E-state index in [-0.39, 0.29) is 10.8 Å². The molecule has 0 radical (unpaired) electrons. The molecule has 1 heterocycles. The first-order valence-corrected chi connectivity index (χ1v) is 20.2. The van der Waals surface area contributed by atoms with E-state index >= 15 is 0 Å². The predicted molar refractivity (Wildman–Crippen MR) is 229 cm³/mol. The normalized spacial score (nSPS) is 15.8. The average molecular weight is 708 g/mol. The zero-order valence-corrected chi connectivity index (χ0v) is 30.7. The Morgan fingerprint density at radius 1 is 0.352 bits per heavy atom. The van der Waals surface area contributed by atoms with Gasteiger partial charge in [0.15, 0.2) is 0 Å². The molecule has 1 aromatic heterocycles. The van der Waals surface area contributed by atoms with Gasteiger partial charge in [-0.3, -0.25) is 0 Å². The lowest BCUT2D eigenvalue weighted by Crippen LogP contribution is -2.39. The maximum Gasteiger partial charge on any atom is 0.0468 e. The molecule has 0 N–H and O–H groups in total. The number of thiophene rings is 1. The van der Waals surface area contributed by atoms with Gasteiger partial charge in [0.1, 0.15) is 0 Å². The summed E-state index contributed by atoms with van der Waals surface area (Å²) < 4.78 is 2.66. The Morgan fingerprint density at radius 3 is 1.54 bits per heavy atom. The van der Waals surface area contributed by atoms with E-state index in [9.17, 15) is 0 Å². The van der Waals surface area contributed by atoms with Gasteiger partial charge in [-0.2, -0.15) is 0 Å². The van der Waals surface area contributed by atoms with Crippen molar-refractivity contribution < 1.29 is 0 Å². The van der Waals surface area contributed by atoms with Gasteiger partial charge in [-0.1, -0.05) is 127 Å². The molecular formula is C52H37NS. The van der Waals surface area contributed by atoms with E-state index in [1.807, 2.05) is 11.3 Å². The molecule has 54 heavy (non-hydrogen) atoms. The van der Waals surface area contributed by atoms with Gasteiger partial charge in [-0.15, -0.1) is 11.3 Å². The van der Waals surface area contributed by atoms with Crippen molar-refractivity contribution in [2.75, 3.05) is 4.90 Å². The van der Waals surface area contributed by atoms with Crippen molar-refractivity contribution in [3.05, 3.63) is 198 Å². The zero-order valence-electron chi connectivity index (χ0n) is 29.9. The van der Waals surface area contributed by atoms with E-state index in [0.29, 0.717) is 0 Å². The van der Waals surface area contributed by atoms with Crippen molar-refractivity contribution in [2.45, 2.75) is 36.5 Å². The molecule has 1 fully saturated rings. The first-order chi connectivity index (χ1) is 26.7. The molecule has 2 spiro atoms. The Hall–Kier alpha value is -5.96. The number of benzene rings is 8. The van der Waals surface area contributed by atoms with Gasteiger partial charge in [0.2, 0.25) is 0 Å². The summed E-state index contributed by atoms with van der Waals surface area (Å²) in [4.78, 5) is 2.50. The molecule has 0 unspecified atom stereocenters. The highest BCUT2D eigenvalue weighted by molar-refractivity contribution is 7.25. The fraction of sp³-hybridized carbons (Fsp3) is 0.115. The van der Waals surface area contributed by atoms with Crippen molar-refractivity contribution in [1.29, 1.82) is 0 Å². The lowest BCUT2D eigenvalue weighted by molar-refractivity contribution is 0.265. The molecule has 0 atom stereocenters. The van der Waals surface area contributed by atoms with Crippen LogP contribution in [0.1, 0.15) is 47.9 Å². The molecule has 0 amide bonds. The second kappa shape index (κ2) is 11.3. The minimum atomic E-state index is -0.0395. The molecule has 256 valence electrons. The molecule has 3 aliphatic rings. The van der Waals surface area contributed by atoms with Gasteiger partial charge in [-0.05, 0) is 129 Å². The van der Waals surface area contributed by atoms with Crippen LogP contribution in [0.3, 0.4) is 0 Å². The van der Waals surface area contributed by atoms with Gasteiger partial charge >= 0.3 is 0 Å². The topological polar surface area (TPSA) is 3.24 Å². The quantitative estimate of drug-likeness (QED) is 0.177. The fourth-order valence-electron chi connectivity index (χ4n) is 10.8. The Bertz CT molecular complexity index is 2930. The van der Waals surface area contributed by atoms with Crippen LogP contribution in [0.4, 0.5) is 17.1 Å². The van der Waals surface area contributed by atoms with E-state index < -0.39 is 0 Å². The van der Waals surface area contributed by atoms with Gasteiger partial charge in [0, 0.05) is 48.1 Å². The SMILES string of the molecule is c1ccc2c(c1)-c1ccccc1C21CCC2(CC1)c1ccccc1-c1ccc(N(c3ccc4ccccc4c3)c3ccc4sc5ccccc5c4c3)cc12. The summed E-state index contributed by atoms with van der Waals surface area (Å²) in [7, 11) is 0. The summed E-state index contributed by atoms with van der Waals surface area (Å²) in [6, 6.07) is 66.6. The molecule has 1 saturated carbocycles. The average Bonchev–Trinajstić information content (AvgIpc) is 3.84. The van der Waals surface area contributed by atoms with E-state index in [2.05, 4.69) is 181 Å². The molecule has 8 aromatic carbocycles. The number of rotatable bonds is 3. The predicted octanol–water partition coefficient (Wildman–Crippen LogP) is 14.5. The second-order valence-corrected chi connectivity index (χ2v) is 16.8. The minimum Gasteiger partial charge on any atom is -0.310 e. The number of anilines is 3. The monoisotopic (exact) mass is 707 g/mol. The minimum absolute atomic E-state index is 0.0395. The molecule has 2 heteroatoms. The number of hydrogen-bond donors (Lipinski definition) is 0. The highest BCUT2D eigenvalue weighted by Crippen LogP contribution is 2.64. The summed E-state index contributed by atoms with van der Waals surface area (Å²) in [6.45, 7) is 0. The highest BCUT2D eigenvalue weighted by atomic mass is 32.1. The lowest BCUT2D eigenvalue weighted by Gasteiger charge is -2.45. The van der Waals surface area contributed by atoms with Crippen LogP contribution in [0.15, 0.2) is 176 Å². The van der Waals surface area contributed by atoms with Crippen molar-refractivity contribution in [2.24, 2.45) is 0 Å². The molecule has 3 aliphatic carbocycles. The van der Waals surface area contributed by atoms with Crippen LogP contribution < -0.4 is 4.90 Å². The van der Waals surface area contributed by atoms with Crippen LogP contribution in [0, 0.1) is 0 Å². The van der Waals surface area contributed by atoms with Crippen molar-refractivity contribution >= 4 is 59.3 Å². The summed E-state index contributed by atoms with van der Waals surface area (Å²) in [5.41, 5.74) is 15.3. The van der Waals surface area contributed by atoms with E-state index in [4.69, 9.17) is 0 Å². The van der Waals surface area contributed by atoms with Gasteiger partial charge < -0.3 is 4.90 Å². The maximum atomic E-state index is 2.56. The van der Waals surface area contributed by atoms with Crippen LogP contribution in [-0.2, 0) is 10.8 Å². The summed E-state index contributed by atoms with van der Waals surface area (Å²) in [6.07, 6.45) is 4.50. The maximum absolute atomic E-state index is 2.56. The van der Waals surface area contributed by atoms with Crippen LogP contribution in [0.25, 0.3) is 53.2 Å². The molecule has 0 aliphatic heterocycles. The first-order valence-electron chi connectivity index (χ1n) is 19.3. The first kappa shape index (κ1) is 30.5. The second-order valence-electron chi connectivity index (χ2n) is 15.7. The number of nitrogens with zero attached hydrogens (tertiary/aromatic N) is 1. The summed E-state index contributed by atoms with van der Waals surface area (Å²) in [5, 5.41) is 5.16. The largest absolute Gasteiger partial charge is 0.310 e. The van der Waals surface area contributed by atoms with Crippen molar-refractivity contribution in [1.82, 2.24) is 0 Å². The van der Waals surface area contributed by atoms with Crippen LogP contribution >= 0.6 is 11.3 Å². The third-order valence-electron chi connectivity index (χ3n) is 13.3. The Labute approximate surface area is 319 Å². The fourth-order valence-corrected chi connectivity index (χ4v) is 11.9. The standard InChI is InChI=1S/C52H37NS/c1-2-12-35-31-36(22-21-34(35)11-1)53(37-24-26-50-44(32-37)43-16-6-10-20-49(43)54-50)38-23-25-42-41-15-5-9-19-47(41)52(48(42)33-38)29-27-51(28-30-52)45-17-7-3-13-39(45)40-14-4-8-18-46(40)51/h1-26,31-33H,27-30H2. The molecule has 0 bridgehead atoms. The lowest BCUT2D eigenvalue weighted by atomic mass is 9.57. The smallest absolute Gasteiger partial charge is 0.0468 e. The van der Waals surface area contributed by atoms with Gasteiger partial charge in [0.05, 0.1) is 0 Å². The highest BCUT2D eigenvalue weighted by Gasteiger charge is 2.53. The van der Waals surface area contributed by atoms with E-state index in [1.165, 1.54) is 92.5 Å². The Morgan fingerprint density at radius 2 is 0.833 bits per heavy atom. The third-order valence-corrected chi connectivity index (χ3v) is 14.4. The molecule has 9 aromatic rings. The van der Waals surface area contributed by atoms with Crippen LogP contribution in [-0.4, -0.2) is 0 Å². The van der Waals surface area contributed by atoms with Crippen molar-refractivity contribution in [3.63, 3.8) is 0 Å². The van der Waals surface area contributed by atoms with E-state index in [1.54, 1.807) is 0 Å². The molecular weight excluding hydrogens is 671 g/mol. The third kappa shape index (κ3) is 4.15. The number of fused-ring (bicyclic) bond motifs is 14. The van der Waals surface area contributed by atoms with Crippen LogP contribution in [0.2, 0.25) is 0 Å². The van der Waals surface area contributed by atoms with Crippen molar-refractivity contribution in [3.8, 4) is 22.3 Å². The molecule has 0 saturated heterocycles.